The monoisotopic (exact) mass is 517 g/mol. The Balaban J connectivity index is 1.68. The molecule has 0 atom stereocenters. The number of nitrogens with one attached hydrogen (secondary N) is 2. The minimum atomic E-state index is -3.83. The molecule has 2 N–H and O–H groups in total. The van der Waals surface area contributed by atoms with Gasteiger partial charge in [0.25, 0.3) is 15.9 Å². The SMILES string of the molecule is CCN(CC)S(=O)(=O)c1ccc(C(=O)Nc2ccc(S(=O)(=O)Nc3ccc(OC)cc3)cc2)cc1. The minimum Gasteiger partial charge on any atom is -0.497 e. The standard InChI is InChI=1S/C24H27N3O6S2/c1-4-27(5-2)35(31,32)23-14-6-18(7-15-23)24(28)25-19-10-16-22(17-11-19)34(29,30)26-20-8-12-21(33-3)13-9-20/h6-17,26H,4-5H2,1-3H3,(H,25,28). The van der Waals surface area contributed by atoms with E-state index in [1.807, 2.05) is 0 Å². The predicted molar refractivity (Wildman–Crippen MR) is 135 cm³/mol. The van der Waals surface area contributed by atoms with Crippen molar-refractivity contribution in [1.82, 2.24) is 4.31 Å². The molecule has 0 aliphatic carbocycles. The van der Waals surface area contributed by atoms with E-state index in [9.17, 15) is 21.6 Å². The van der Waals surface area contributed by atoms with Crippen molar-refractivity contribution >= 4 is 37.3 Å². The molecule has 0 aromatic heterocycles. The van der Waals surface area contributed by atoms with Crippen molar-refractivity contribution in [3.8, 4) is 5.75 Å². The van der Waals surface area contributed by atoms with Gasteiger partial charge in [-0.15, -0.1) is 0 Å². The van der Waals surface area contributed by atoms with Crippen molar-refractivity contribution in [2.45, 2.75) is 23.6 Å². The van der Waals surface area contributed by atoms with Crippen molar-refractivity contribution < 1.29 is 26.4 Å². The number of methoxy groups -OCH3 is 1. The molecule has 35 heavy (non-hydrogen) atoms. The summed E-state index contributed by atoms with van der Waals surface area (Å²) < 4.78 is 59.3. The second-order valence-corrected chi connectivity index (χ2v) is 11.0. The van der Waals surface area contributed by atoms with Crippen LogP contribution in [0.2, 0.25) is 0 Å². The fourth-order valence-electron chi connectivity index (χ4n) is 3.28. The zero-order valence-corrected chi connectivity index (χ0v) is 21.2. The average molecular weight is 518 g/mol. The number of carbonyl (C=O) groups excluding carboxylic acids is 1. The van der Waals surface area contributed by atoms with Gasteiger partial charge in [-0.25, -0.2) is 16.8 Å². The molecule has 0 bridgehead atoms. The Morgan fingerprint density at radius 1 is 0.771 bits per heavy atom. The van der Waals surface area contributed by atoms with Gasteiger partial charge in [0.05, 0.1) is 16.9 Å². The molecule has 3 rings (SSSR count). The molecule has 0 unspecified atom stereocenters. The summed E-state index contributed by atoms with van der Waals surface area (Å²) in [5, 5.41) is 2.67. The Kier molecular flexibility index (Phi) is 8.15. The highest BCUT2D eigenvalue weighted by Crippen LogP contribution is 2.21. The number of ether oxygens (including phenoxy) is 1. The van der Waals surface area contributed by atoms with Gasteiger partial charge in [-0.1, -0.05) is 13.8 Å². The van der Waals surface area contributed by atoms with Gasteiger partial charge in [-0.3, -0.25) is 9.52 Å². The molecule has 9 nitrogen and oxygen atoms in total. The lowest BCUT2D eigenvalue weighted by atomic mass is 10.2. The van der Waals surface area contributed by atoms with Gasteiger partial charge >= 0.3 is 0 Å². The first-order valence-corrected chi connectivity index (χ1v) is 13.7. The Morgan fingerprint density at radius 3 is 1.80 bits per heavy atom. The molecule has 0 radical (unpaired) electrons. The lowest BCUT2D eigenvalue weighted by Crippen LogP contribution is -2.30. The number of nitrogens with zero attached hydrogens (tertiary/aromatic N) is 1. The van der Waals surface area contributed by atoms with Gasteiger partial charge in [-0.05, 0) is 72.8 Å². The molecular formula is C24H27N3O6S2. The van der Waals surface area contributed by atoms with Crippen LogP contribution in [0.15, 0.2) is 82.6 Å². The molecule has 3 aromatic rings. The van der Waals surface area contributed by atoms with E-state index >= 15 is 0 Å². The Bertz CT molecular complexity index is 1370. The first kappa shape index (κ1) is 26.2. The van der Waals surface area contributed by atoms with Gasteiger partial charge in [-0.2, -0.15) is 4.31 Å². The molecule has 0 aliphatic rings. The molecule has 186 valence electrons. The summed E-state index contributed by atoms with van der Waals surface area (Å²) in [7, 11) is -5.92. The van der Waals surface area contributed by atoms with Crippen LogP contribution in [0.25, 0.3) is 0 Å². The van der Waals surface area contributed by atoms with Crippen LogP contribution in [0.5, 0.6) is 5.75 Å². The second kappa shape index (κ2) is 10.9. The number of hydrogen-bond acceptors (Lipinski definition) is 6. The van der Waals surface area contributed by atoms with Crippen molar-refractivity contribution in [2.24, 2.45) is 0 Å². The van der Waals surface area contributed by atoms with Crippen molar-refractivity contribution in [2.75, 3.05) is 30.2 Å². The topological polar surface area (TPSA) is 122 Å². The number of rotatable bonds is 10. The van der Waals surface area contributed by atoms with Crippen molar-refractivity contribution in [1.29, 1.82) is 0 Å². The lowest BCUT2D eigenvalue weighted by molar-refractivity contribution is 0.102. The molecule has 0 saturated carbocycles. The summed E-state index contributed by atoms with van der Waals surface area (Å²) in [6, 6.07) is 17.8. The molecule has 3 aromatic carbocycles. The molecule has 0 aliphatic heterocycles. The molecule has 0 heterocycles. The van der Waals surface area contributed by atoms with Gasteiger partial charge < -0.3 is 10.1 Å². The molecule has 0 fully saturated rings. The van der Waals surface area contributed by atoms with E-state index in [2.05, 4.69) is 10.0 Å². The normalized spacial score (nSPS) is 11.8. The Morgan fingerprint density at radius 2 is 1.29 bits per heavy atom. The zero-order chi connectivity index (χ0) is 25.6. The zero-order valence-electron chi connectivity index (χ0n) is 19.6. The smallest absolute Gasteiger partial charge is 0.261 e. The predicted octanol–water partition coefficient (Wildman–Crippen LogP) is 3.78. The summed E-state index contributed by atoms with van der Waals surface area (Å²) >= 11 is 0. The molecule has 0 spiro atoms. The quantitative estimate of drug-likeness (QED) is 0.422. The third-order valence-corrected chi connectivity index (χ3v) is 8.69. The number of benzene rings is 3. The van der Waals surface area contributed by atoms with Crippen LogP contribution in [0.1, 0.15) is 24.2 Å². The third kappa shape index (κ3) is 6.18. The van der Waals surface area contributed by atoms with Crippen LogP contribution >= 0.6 is 0 Å². The summed E-state index contributed by atoms with van der Waals surface area (Å²) in [5.74, 6) is 0.150. The van der Waals surface area contributed by atoms with E-state index in [1.54, 1.807) is 38.1 Å². The lowest BCUT2D eigenvalue weighted by Gasteiger charge is -2.18. The van der Waals surface area contributed by atoms with Gasteiger partial charge in [0.2, 0.25) is 10.0 Å². The van der Waals surface area contributed by atoms with E-state index in [-0.39, 0.29) is 15.4 Å². The fourth-order valence-corrected chi connectivity index (χ4v) is 5.80. The maximum absolute atomic E-state index is 12.6. The Labute approximate surface area is 205 Å². The highest BCUT2D eigenvalue weighted by atomic mass is 32.2. The highest BCUT2D eigenvalue weighted by molar-refractivity contribution is 7.92. The van der Waals surface area contributed by atoms with Crippen molar-refractivity contribution in [3.63, 3.8) is 0 Å². The number of amides is 1. The van der Waals surface area contributed by atoms with E-state index in [1.165, 1.54) is 59.9 Å². The van der Waals surface area contributed by atoms with Crippen molar-refractivity contribution in [3.05, 3.63) is 78.4 Å². The molecular weight excluding hydrogens is 490 g/mol. The van der Waals surface area contributed by atoms with Crippen LogP contribution in [-0.2, 0) is 20.0 Å². The van der Waals surface area contributed by atoms with Crippen LogP contribution in [-0.4, -0.2) is 47.2 Å². The van der Waals surface area contributed by atoms with E-state index in [0.29, 0.717) is 30.2 Å². The summed E-state index contributed by atoms with van der Waals surface area (Å²) in [4.78, 5) is 12.7. The first-order chi connectivity index (χ1) is 16.6. The van der Waals surface area contributed by atoms with Crippen LogP contribution in [0.4, 0.5) is 11.4 Å². The maximum atomic E-state index is 12.6. The van der Waals surface area contributed by atoms with E-state index < -0.39 is 26.0 Å². The van der Waals surface area contributed by atoms with E-state index in [4.69, 9.17) is 4.74 Å². The fraction of sp³-hybridized carbons (Fsp3) is 0.208. The van der Waals surface area contributed by atoms with Crippen LogP contribution in [0.3, 0.4) is 0 Å². The summed E-state index contributed by atoms with van der Waals surface area (Å²) in [6.07, 6.45) is 0. The third-order valence-electron chi connectivity index (χ3n) is 5.22. The molecule has 11 heteroatoms. The largest absolute Gasteiger partial charge is 0.497 e. The van der Waals surface area contributed by atoms with Gasteiger partial charge in [0, 0.05) is 30.0 Å². The Hall–Kier alpha value is -3.41. The first-order valence-electron chi connectivity index (χ1n) is 10.8. The van der Waals surface area contributed by atoms with Crippen LogP contribution in [0, 0.1) is 0 Å². The van der Waals surface area contributed by atoms with Gasteiger partial charge in [0.1, 0.15) is 5.75 Å². The van der Waals surface area contributed by atoms with Crippen LogP contribution < -0.4 is 14.8 Å². The minimum absolute atomic E-state index is 0.0253. The number of carbonyl (C=O) groups is 1. The highest BCUT2D eigenvalue weighted by Gasteiger charge is 2.22. The molecule has 1 amide bonds. The second-order valence-electron chi connectivity index (χ2n) is 7.43. The van der Waals surface area contributed by atoms with E-state index in [0.717, 1.165) is 0 Å². The maximum Gasteiger partial charge on any atom is 0.261 e. The van der Waals surface area contributed by atoms with Gasteiger partial charge in [0.15, 0.2) is 0 Å². The average Bonchev–Trinajstić information content (AvgIpc) is 2.85. The number of sulfonamides is 2. The number of anilines is 2. The summed E-state index contributed by atoms with van der Waals surface area (Å²) in [5.41, 5.74) is 1.04. The summed E-state index contributed by atoms with van der Waals surface area (Å²) in [6.45, 7) is 4.22. The number of hydrogen-bond donors (Lipinski definition) is 2. The molecule has 0 saturated heterocycles.